The summed E-state index contributed by atoms with van der Waals surface area (Å²) < 4.78 is 12.6. The number of amides is 1. The normalized spacial score (nSPS) is 14.5. The predicted molar refractivity (Wildman–Crippen MR) is 89.9 cm³/mol. The molecule has 1 aromatic heterocycles. The number of hydrogen-bond donors (Lipinski definition) is 1. The van der Waals surface area contributed by atoms with Gasteiger partial charge in [-0.05, 0) is 23.1 Å². The van der Waals surface area contributed by atoms with Crippen LogP contribution in [-0.2, 0) is 17.8 Å². The van der Waals surface area contributed by atoms with Crippen LogP contribution in [0.1, 0.15) is 26.3 Å². The van der Waals surface area contributed by atoms with E-state index in [1.807, 2.05) is 29.0 Å². The second kappa shape index (κ2) is 6.55. The number of imidazole rings is 1. The molecule has 0 radical (unpaired) electrons. The molecule has 24 heavy (non-hydrogen) atoms. The van der Waals surface area contributed by atoms with Crippen molar-refractivity contribution in [3.8, 4) is 11.5 Å². The molecule has 0 fully saturated rings. The maximum atomic E-state index is 12.5. The first-order chi connectivity index (χ1) is 11.4. The third kappa shape index (κ3) is 3.88. The maximum Gasteiger partial charge on any atom is 0.231 e. The molecule has 0 spiro atoms. The number of nitrogens with one attached hydrogen (secondary N) is 1. The van der Waals surface area contributed by atoms with Gasteiger partial charge in [-0.15, -0.1) is 0 Å². The Morgan fingerprint density at radius 3 is 2.83 bits per heavy atom. The fraction of sp³-hybridized carbons (Fsp3) is 0.444. The molecule has 0 bridgehead atoms. The second-order valence-corrected chi connectivity index (χ2v) is 7.11. The maximum absolute atomic E-state index is 12.5. The van der Waals surface area contributed by atoms with Gasteiger partial charge in [0.2, 0.25) is 12.7 Å². The zero-order valence-corrected chi connectivity index (χ0v) is 14.3. The molecule has 1 atom stereocenters. The van der Waals surface area contributed by atoms with E-state index in [9.17, 15) is 4.79 Å². The summed E-state index contributed by atoms with van der Waals surface area (Å²) in [7, 11) is 0. The van der Waals surface area contributed by atoms with Crippen LogP contribution in [0.3, 0.4) is 0 Å². The molecule has 1 aliphatic heterocycles. The summed E-state index contributed by atoms with van der Waals surface area (Å²) in [6.07, 6.45) is 5.73. The summed E-state index contributed by atoms with van der Waals surface area (Å²) in [6.45, 7) is 7.29. The van der Waals surface area contributed by atoms with E-state index in [0.29, 0.717) is 18.7 Å². The fourth-order valence-corrected chi connectivity index (χ4v) is 2.62. The van der Waals surface area contributed by atoms with Gasteiger partial charge in [0.1, 0.15) is 0 Å². The highest BCUT2D eigenvalue weighted by molar-refractivity contribution is 5.79. The minimum atomic E-state index is -0.0607. The van der Waals surface area contributed by atoms with Crippen molar-refractivity contribution >= 4 is 5.91 Å². The van der Waals surface area contributed by atoms with Gasteiger partial charge in [-0.1, -0.05) is 26.8 Å². The minimum Gasteiger partial charge on any atom is -0.454 e. The van der Waals surface area contributed by atoms with Gasteiger partial charge in [0, 0.05) is 18.9 Å². The number of rotatable bonds is 5. The topological polar surface area (TPSA) is 65.4 Å². The largest absolute Gasteiger partial charge is 0.454 e. The Morgan fingerprint density at radius 1 is 1.33 bits per heavy atom. The average Bonchev–Trinajstić information content (AvgIpc) is 3.16. The SMILES string of the molecule is CC(C)(C)[C@@H](Cn1ccnc1)NC(=O)Cc1ccc2c(c1)OCO2. The van der Waals surface area contributed by atoms with Gasteiger partial charge >= 0.3 is 0 Å². The average molecular weight is 329 g/mol. The Hall–Kier alpha value is -2.50. The van der Waals surface area contributed by atoms with Gasteiger partial charge in [-0.2, -0.15) is 0 Å². The van der Waals surface area contributed by atoms with Gasteiger partial charge in [0.05, 0.1) is 18.8 Å². The fourth-order valence-electron chi connectivity index (χ4n) is 2.62. The first-order valence-electron chi connectivity index (χ1n) is 8.05. The Kier molecular flexibility index (Phi) is 4.46. The number of hydrogen-bond acceptors (Lipinski definition) is 4. The number of fused-ring (bicyclic) bond motifs is 1. The van der Waals surface area contributed by atoms with E-state index >= 15 is 0 Å². The number of carbonyl (C=O) groups is 1. The summed E-state index contributed by atoms with van der Waals surface area (Å²) in [4.78, 5) is 16.6. The lowest BCUT2D eigenvalue weighted by molar-refractivity contribution is -0.122. The molecule has 6 heteroatoms. The van der Waals surface area contributed by atoms with Gasteiger partial charge in [-0.25, -0.2) is 4.98 Å². The van der Waals surface area contributed by atoms with Crippen LogP contribution in [0.5, 0.6) is 11.5 Å². The smallest absolute Gasteiger partial charge is 0.231 e. The third-order valence-corrected chi connectivity index (χ3v) is 4.13. The zero-order chi connectivity index (χ0) is 17.2. The van der Waals surface area contributed by atoms with E-state index in [2.05, 4.69) is 31.1 Å². The van der Waals surface area contributed by atoms with Crippen molar-refractivity contribution in [2.24, 2.45) is 5.41 Å². The number of nitrogens with zero attached hydrogens (tertiary/aromatic N) is 2. The number of aromatic nitrogens is 2. The number of benzene rings is 1. The third-order valence-electron chi connectivity index (χ3n) is 4.13. The molecular formula is C18H23N3O3. The highest BCUT2D eigenvalue weighted by atomic mass is 16.7. The van der Waals surface area contributed by atoms with Crippen molar-refractivity contribution in [1.82, 2.24) is 14.9 Å². The van der Waals surface area contributed by atoms with E-state index < -0.39 is 0 Å². The molecule has 1 amide bonds. The first kappa shape index (κ1) is 16.4. The lowest BCUT2D eigenvalue weighted by Gasteiger charge is -2.31. The van der Waals surface area contributed by atoms with Gasteiger partial charge in [-0.3, -0.25) is 4.79 Å². The van der Waals surface area contributed by atoms with E-state index in [1.165, 1.54) is 0 Å². The van der Waals surface area contributed by atoms with Gasteiger partial charge in [0.15, 0.2) is 11.5 Å². The highest BCUT2D eigenvalue weighted by Gasteiger charge is 2.26. The van der Waals surface area contributed by atoms with Crippen molar-refractivity contribution in [1.29, 1.82) is 0 Å². The molecule has 1 N–H and O–H groups in total. The molecule has 128 valence electrons. The molecule has 0 saturated heterocycles. The molecule has 1 aromatic carbocycles. The molecule has 2 heterocycles. The molecule has 0 unspecified atom stereocenters. The Balaban J connectivity index is 1.65. The van der Waals surface area contributed by atoms with Crippen molar-refractivity contribution in [3.05, 3.63) is 42.5 Å². The van der Waals surface area contributed by atoms with E-state index in [1.54, 1.807) is 12.5 Å². The molecule has 6 nitrogen and oxygen atoms in total. The van der Waals surface area contributed by atoms with Crippen LogP contribution >= 0.6 is 0 Å². The Morgan fingerprint density at radius 2 is 2.12 bits per heavy atom. The van der Waals surface area contributed by atoms with Crippen LogP contribution in [-0.4, -0.2) is 28.3 Å². The van der Waals surface area contributed by atoms with E-state index in [-0.39, 0.29) is 24.2 Å². The summed E-state index contributed by atoms with van der Waals surface area (Å²) in [6, 6.07) is 5.62. The lowest BCUT2D eigenvalue weighted by atomic mass is 9.86. The van der Waals surface area contributed by atoms with Crippen molar-refractivity contribution in [3.63, 3.8) is 0 Å². The molecule has 0 saturated carbocycles. The lowest BCUT2D eigenvalue weighted by Crippen LogP contribution is -2.46. The Bertz CT molecular complexity index is 705. The van der Waals surface area contributed by atoms with Crippen LogP contribution in [0.15, 0.2) is 36.9 Å². The minimum absolute atomic E-state index is 0.00564. The van der Waals surface area contributed by atoms with Crippen LogP contribution in [0.4, 0.5) is 0 Å². The summed E-state index contributed by atoms with van der Waals surface area (Å²) in [5.41, 5.74) is 0.849. The summed E-state index contributed by atoms with van der Waals surface area (Å²) in [5, 5.41) is 3.15. The molecule has 1 aliphatic rings. The van der Waals surface area contributed by atoms with Crippen LogP contribution < -0.4 is 14.8 Å². The van der Waals surface area contributed by atoms with E-state index in [4.69, 9.17) is 9.47 Å². The van der Waals surface area contributed by atoms with Crippen molar-refractivity contribution in [2.75, 3.05) is 6.79 Å². The van der Waals surface area contributed by atoms with Crippen LogP contribution in [0.25, 0.3) is 0 Å². The summed E-state index contributed by atoms with van der Waals surface area (Å²) in [5.74, 6) is 1.42. The Labute approximate surface area is 141 Å². The number of ether oxygens (including phenoxy) is 2. The molecule has 2 aromatic rings. The van der Waals surface area contributed by atoms with Gasteiger partial charge < -0.3 is 19.4 Å². The predicted octanol–water partition coefficient (Wildman–Crippen LogP) is 2.39. The van der Waals surface area contributed by atoms with Gasteiger partial charge in [0.25, 0.3) is 0 Å². The number of carbonyl (C=O) groups excluding carboxylic acids is 1. The summed E-state index contributed by atoms with van der Waals surface area (Å²) >= 11 is 0. The quantitative estimate of drug-likeness (QED) is 0.915. The van der Waals surface area contributed by atoms with Crippen molar-refractivity contribution in [2.45, 2.75) is 39.8 Å². The second-order valence-electron chi connectivity index (χ2n) is 7.11. The molecule has 3 rings (SSSR count). The van der Waals surface area contributed by atoms with Crippen LogP contribution in [0.2, 0.25) is 0 Å². The van der Waals surface area contributed by atoms with E-state index in [0.717, 1.165) is 11.3 Å². The first-order valence-corrected chi connectivity index (χ1v) is 8.05. The van der Waals surface area contributed by atoms with Crippen molar-refractivity contribution < 1.29 is 14.3 Å². The zero-order valence-electron chi connectivity index (χ0n) is 14.3. The molecule has 0 aliphatic carbocycles. The monoisotopic (exact) mass is 329 g/mol. The van der Waals surface area contributed by atoms with Crippen LogP contribution in [0, 0.1) is 5.41 Å². The molecular weight excluding hydrogens is 306 g/mol. The standard InChI is InChI=1S/C18H23N3O3/c1-18(2,3)16(10-21-7-6-19-11-21)20-17(22)9-13-4-5-14-15(8-13)24-12-23-14/h4-8,11,16H,9-10,12H2,1-3H3,(H,20,22)/t16-/m1/s1. The highest BCUT2D eigenvalue weighted by Crippen LogP contribution is 2.32.